The van der Waals surface area contributed by atoms with Crippen LogP contribution in [0, 0.1) is 11.3 Å². The van der Waals surface area contributed by atoms with Crippen LogP contribution >= 0.6 is 0 Å². The van der Waals surface area contributed by atoms with Crippen molar-refractivity contribution in [2.75, 3.05) is 27.3 Å². The van der Waals surface area contributed by atoms with Crippen LogP contribution in [0.2, 0.25) is 0 Å². The van der Waals surface area contributed by atoms with E-state index in [4.69, 9.17) is 14.7 Å². The summed E-state index contributed by atoms with van der Waals surface area (Å²) in [5.41, 5.74) is 0.598. The molecule has 0 rings (SSSR count). The van der Waals surface area contributed by atoms with E-state index in [-0.39, 0.29) is 17.9 Å². The smallest absolute Gasteiger partial charge is 0.352 e. The molecule has 0 aliphatic heterocycles. The van der Waals surface area contributed by atoms with Crippen molar-refractivity contribution in [1.29, 1.82) is 5.26 Å². The largest absolute Gasteiger partial charge is 0.492 e. The van der Waals surface area contributed by atoms with Crippen molar-refractivity contribution in [3.63, 3.8) is 0 Å². The second-order valence-corrected chi connectivity index (χ2v) is 3.75. The topological polar surface area (TPSA) is 62.6 Å². The Hall–Kier alpha value is -1.96. The molecule has 0 aromatic rings. The molecule has 0 saturated heterocycles. The Kier molecular flexibility index (Phi) is 7.29. The predicted molar refractivity (Wildman–Crippen MR) is 68.3 cm³/mol. The molecule has 0 aromatic carbocycles. The van der Waals surface area contributed by atoms with Crippen LogP contribution in [0.15, 0.2) is 23.1 Å². The van der Waals surface area contributed by atoms with Gasteiger partial charge in [-0.2, -0.15) is 5.26 Å². The minimum atomic E-state index is -0.657. The molecule has 0 N–H and O–H groups in total. The molecule has 0 bridgehead atoms. The first-order chi connectivity index (χ1) is 8.47. The second-order valence-electron chi connectivity index (χ2n) is 3.75. The van der Waals surface area contributed by atoms with Gasteiger partial charge in [0.25, 0.3) is 0 Å². The zero-order valence-corrected chi connectivity index (χ0v) is 11.6. The molecule has 100 valence electrons. The summed E-state index contributed by atoms with van der Waals surface area (Å²) in [5, 5.41) is 9.07. The number of nitriles is 1. The van der Waals surface area contributed by atoms with Crippen LogP contribution in [0.1, 0.15) is 20.8 Å². The first-order valence-corrected chi connectivity index (χ1v) is 5.77. The Morgan fingerprint density at radius 2 is 1.83 bits per heavy atom. The van der Waals surface area contributed by atoms with Gasteiger partial charge in [-0.15, -0.1) is 0 Å². The maximum Gasteiger partial charge on any atom is 0.352 e. The summed E-state index contributed by atoms with van der Waals surface area (Å²) in [6, 6.07) is 1.85. The zero-order chi connectivity index (χ0) is 14.1. The van der Waals surface area contributed by atoms with Crippen molar-refractivity contribution >= 4 is 5.97 Å². The number of rotatable bonds is 6. The van der Waals surface area contributed by atoms with Crippen molar-refractivity contribution in [2.45, 2.75) is 20.8 Å². The standard InChI is InChI=1S/C13H20N2O3/c1-6-17-12(10(3)9-15(4)5)11(8-14)13(16)18-7-2/h9H,6-7H2,1-5H3/b10-9+,12-11-. The fraction of sp³-hybridized carbons (Fsp3) is 0.538. The summed E-state index contributed by atoms with van der Waals surface area (Å²) in [6.07, 6.45) is 1.78. The lowest BCUT2D eigenvalue weighted by Crippen LogP contribution is -2.12. The van der Waals surface area contributed by atoms with Crippen molar-refractivity contribution in [2.24, 2.45) is 0 Å². The zero-order valence-electron chi connectivity index (χ0n) is 11.6. The van der Waals surface area contributed by atoms with Crippen LogP contribution < -0.4 is 0 Å². The Labute approximate surface area is 108 Å². The number of hydrogen-bond acceptors (Lipinski definition) is 5. The Balaban J connectivity index is 5.51. The number of carbonyl (C=O) groups is 1. The van der Waals surface area contributed by atoms with Crippen LogP contribution in [-0.4, -0.2) is 38.2 Å². The highest BCUT2D eigenvalue weighted by Crippen LogP contribution is 2.17. The highest BCUT2D eigenvalue weighted by Gasteiger charge is 2.19. The second kappa shape index (κ2) is 8.18. The van der Waals surface area contributed by atoms with Gasteiger partial charge in [-0.1, -0.05) is 0 Å². The van der Waals surface area contributed by atoms with Gasteiger partial charge in [-0.05, 0) is 20.8 Å². The van der Waals surface area contributed by atoms with E-state index in [1.807, 2.05) is 25.1 Å². The summed E-state index contributed by atoms with van der Waals surface area (Å²) >= 11 is 0. The molecule has 0 aliphatic rings. The number of ether oxygens (including phenoxy) is 2. The molecule has 0 aliphatic carbocycles. The summed E-state index contributed by atoms with van der Waals surface area (Å²) in [6.45, 7) is 5.86. The fourth-order valence-electron chi connectivity index (χ4n) is 1.37. The van der Waals surface area contributed by atoms with Crippen LogP contribution in [0.4, 0.5) is 0 Å². The van der Waals surface area contributed by atoms with E-state index in [9.17, 15) is 4.79 Å². The van der Waals surface area contributed by atoms with Crippen molar-refractivity contribution in [3.05, 3.63) is 23.1 Å². The fourth-order valence-corrected chi connectivity index (χ4v) is 1.37. The van der Waals surface area contributed by atoms with E-state index in [2.05, 4.69) is 0 Å². The molecule has 0 saturated carbocycles. The quantitative estimate of drug-likeness (QED) is 0.237. The average Bonchev–Trinajstić information content (AvgIpc) is 2.28. The van der Waals surface area contributed by atoms with Crippen molar-refractivity contribution in [1.82, 2.24) is 4.90 Å². The normalized spacial score (nSPS) is 12.3. The van der Waals surface area contributed by atoms with Gasteiger partial charge in [0.1, 0.15) is 11.8 Å². The third-order valence-corrected chi connectivity index (χ3v) is 1.92. The Bertz CT molecular complexity index is 390. The average molecular weight is 252 g/mol. The monoisotopic (exact) mass is 252 g/mol. The lowest BCUT2D eigenvalue weighted by Gasteiger charge is -2.14. The summed E-state index contributed by atoms with van der Waals surface area (Å²) in [4.78, 5) is 13.5. The Morgan fingerprint density at radius 3 is 2.22 bits per heavy atom. The van der Waals surface area contributed by atoms with Crippen LogP contribution in [-0.2, 0) is 14.3 Å². The summed E-state index contributed by atoms with van der Waals surface area (Å²) in [7, 11) is 3.70. The van der Waals surface area contributed by atoms with Gasteiger partial charge in [0.2, 0.25) is 0 Å². The number of allylic oxidation sites excluding steroid dienone is 1. The van der Waals surface area contributed by atoms with Gasteiger partial charge < -0.3 is 14.4 Å². The third kappa shape index (κ3) is 4.91. The van der Waals surface area contributed by atoms with Gasteiger partial charge in [0.05, 0.1) is 13.2 Å². The number of esters is 1. The molecule has 18 heavy (non-hydrogen) atoms. The van der Waals surface area contributed by atoms with Gasteiger partial charge in [-0.25, -0.2) is 4.79 Å². The molecular weight excluding hydrogens is 232 g/mol. The predicted octanol–water partition coefficient (Wildman–Crippen LogP) is 1.83. The highest BCUT2D eigenvalue weighted by atomic mass is 16.5. The van der Waals surface area contributed by atoms with E-state index in [1.165, 1.54) is 0 Å². The number of hydrogen-bond donors (Lipinski definition) is 0. The maximum atomic E-state index is 11.7. The third-order valence-electron chi connectivity index (χ3n) is 1.92. The Morgan fingerprint density at radius 1 is 1.28 bits per heavy atom. The van der Waals surface area contributed by atoms with Gasteiger partial charge in [0.15, 0.2) is 5.57 Å². The van der Waals surface area contributed by atoms with E-state index in [1.54, 1.807) is 27.0 Å². The van der Waals surface area contributed by atoms with E-state index >= 15 is 0 Å². The van der Waals surface area contributed by atoms with E-state index < -0.39 is 5.97 Å². The van der Waals surface area contributed by atoms with Crippen LogP contribution in [0.5, 0.6) is 0 Å². The van der Waals surface area contributed by atoms with Crippen molar-refractivity contribution < 1.29 is 14.3 Å². The van der Waals surface area contributed by atoms with Crippen molar-refractivity contribution in [3.8, 4) is 6.07 Å². The molecule has 0 unspecified atom stereocenters. The van der Waals surface area contributed by atoms with Crippen LogP contribution in [0.3, 0.4) is 0 Å². The van der Waals surface area contributed by atoms with Crippen LogP contribution in [0.25, 0.3) is 0 Å². The number of nitrogens with zero attached hydrogens (tertiary/aromatic N) is 2. The first kappa shape index (κ1) is 16.0. The molecular formula is C13H20N2O3. The highest BCUT2D eigenvalue weighted by molar-refractivity contribution is 5.94. The SMILES string of the molecule is CCOC(=O)/C(C#N)=C(OCC)/C(C)=C/N(C)C. The minimum absolute atomic E-state index is 0.102. The maximum absolute atomic E-state index is 11.7. The molecule has 5 nitrogen and oxygen atoms in total. The van der Waals surface area contributed by atoms with Gasteiger partial charge in [-0.3, -0.25) is 0 Å². The lowest BCUT2D eigenvalue weighted by atomic mass is 10.1. The molecule has 0 aromatic heterocycles. The first-order valence-electron chi connectivity index (χ1n) is 5.77. The van der Waals surface area contributed by atoms with Gasteiger partial charge >= 0.3 is 5.97 Å². The summed E-state index contributed by atoms with van der Waals surface area (Å²) in [5.74, 6) is -0.387. The van der Waals surface area contributed by atoms with E-state index in [0.717, 1.165) is 0 Å². The molecule has 0 radical (unpaired) electrons. The van der Waals surface area contributed by atoms with Gasteiger partial charge in [0, 0.05) is 25.9 Å². The molecule has 0 spiro atoms. The van der Waals surface area contributed by atoms with E-state index in [0.29, 0.717) is 12.2 Å². The molecule has 5 heteroatoms. The summed E-state index contributed by atoms with van der Waals surface area (Å²) < 4.78 is 10.2. The lowest BCUT2D eigenvalue weighted by molar-refractivity contribution is -0.138. The number of carbonyl (C=O) groups excluding carboxylic acids is 1. The molecule has 0 fully saturated rings. The molecule has 0 amide bonds. The molecule has 0 heterocycles. The minimum Gasteiger partial charge on any atom is -0.492 e. The molecule has 0 atom stereocenters.